The summed E-state index contributed by atoms with van der Waals surface area (Å²) < 4.78 is 1.57. The third-order valence-electron chi connectivity index (χ3n) is 2.67. The lowest BCUT2D eigenvalue weighted by molar-refractivity contribution is 0.800. The molecule has 7 heteroatoms. The van der Waals surface area contributed by atoms with Crippen LogP contribution in [-0.4, -0.2) is 31.8 Å². The number of aromatic nitrogens is 5. The highest BCUT2D eigenvalue weighted by molar-refractivity contribution is 6.33. The Labute approximate surface area is 120 Å². The molecule has 2 aromatic heterocycles. The molecule has 0 spiro atoms. The molecule has 1 aromatic carbocycles. The molecular weight excluding hydrogens is 276 g/mol. The van der Waals surface area contributed by atoms with Gasteiger partial charge in [-0.15, -0.1) is 0 Å². The quantitative estimate of drug-likeness (QED) is 0.801. The standard InChI is InChI=1S/C13H11ClN6/c1-15-12-17-11(9-5-2-3-6-10(9)14)18-13(19-12)20-8-4-7-16-20/h2-8H,1H3,(H,15,17,18,19). The van der Waals surface area contributed by atoms with E-state index in [0.29, 0.717) is 22.7 Å². The maximum absolute atomic E-state index is 6.19. The van der Waals surface area contributed by atoms with E-state index >= 15 is 0 Å². The number of hydrogen-bond acceptors (Lipinski definition) is 5. The molecule has 3 rings (SSSR count). The van der Waals surface area contributed by atoms with E-state index in [1.165, 1.54) is 0 Å². The summed E-state index contributed by atoms with van der Waals surface area (Å²) in [5.41, 5.74) is 0.751. The van der Waals surface area contributed by atoms with Gasteiger partial charge in [0, 0.05) is 25.0 Å². The first kappa shape index (κ1) is 12.6. The van der Waals surface area contributed by atoms with Gasteiger partial charge in [0.2, 0.25) is 5.95 Å². The van der Waals surface area contributed by atoms with Gasteiger partial charge < -0.3 is 5.32 Å². The van der Waals surface area contributed by atoms with Crippen LogP contribution < -0.4 is 5.32 Å². The van der Waals surface area contributed by atoms with E-state index in [9.17, 15) is 0 Å². The van der Waals surface area contributed by atoms with Crippen molar-refractivity contribution in [1.82, 2.24) is 24.7 Å². The van der Waals surface area contributed by atoms with Crippen molar-refractivity contribution in [1.29, 1.82) is 0 Å². The molecule has 6 nitrogen and oxygen atoms in total. The van der Waals surface area contributed by atoms with Gasteiger partial charge in [-0.05, 0) is 18.2 Å². The van der Waals surface area contributed by atoms with E-state index in [1.807, 2.05) is 18.2 Å². The number of nitrogens with zero attached hydrogens (tertiary/aromatic N) is 5. The second kappa shape index (κ2) is 5.26. The Balaban J connectivity index is 2.17. The number of benzene rings is 1. The smallest absolute Gasteiger partial charge is 0.255 e. The summed E-state index contributed by atoms with van der Waals surface area (Å²) in [6, 6.07) is 9.22. The fourth-order valence-corrected chi connectivity index (χ4v) is 1.95. The summed E-state index contributed by atoms with van der Waals surface area (Å²) in [5, 5.41) is 7.62. The van der Waals surface area contributed by atoms with Crippen LogP contribution in [0.15, 0.2) is 42.7 Å². The van der Waals surface area contributed by atoms with Gasteiger partial charge in [-0.1, -0.05) is 23.7 Å². The van der Waals surface area contributed by atoms with Crippen LogP contribution >= 0.6 is 11.6 Å². The summed E-state index contributed by atoms with van der Waals surface area (Å²) >= 11 is 6.19. The second-order valence-electron chi connectivity index (χ2n) is 3.96. The van der Waals surface area contributed by atoms with Crippen LogP contribution in [0.2, 0.25) is 5.02 Å². The molecule has 20 heavy (non-hydrogen) atoms. The van der Waals surface area contributed by atoms with E-state index in [4.69, 9.17) is 11.6 Å². The normalized spacial score (nSPS) is 10.5. The molecule has 100 valence electrons. The van der Waals surface area contributed by atoms with Gasteiger partial charge >= 0.3 is 0 Å². The molecule has 0 atom stereocenters. The predicted molar refractivity (Wildman–Crippen MR) is 76.9 cm³/mol. The Morgan fingerprint density at radius 3 is 2.65 bits per heavy atom. The highest BCUT2D eigenvalue weighted by atomic mass is 35.5. The molecule has 0 fully saturated rings. The monoisotopic (exact) mass is 286 g/mol. The first-order valence-corrected chi connectivity index (χ1v) is 6.34. The van der Waals surface area contributed by atoms with E-state index in [1.54, 1.807) is 36.3 Å². The van der Waals surface area contributed by atoms with Crippen LogP contribution in [0.4, 0.5) is 5.95 Å². The van der Waals surface area contributed by atoms with Crippen LogP contribution in [0.25, 0.3) is 17.3 Å². The number of hydrogen-bond donors (Lipinski definition) is 1. The van der Waals surface area contributed by atoms with E-state index in [2.05, 4.69) is 25.4 Å². The lowest BCUT2D eigenvalue weighted by Crippen LogP contribution is -2.08. The Morgan fingerprint density at radius 2 is 1.95 bits per heavy atom. The van der Waals surface area contributed by atoms with Gasteiger partial charge in [0.05, 0.1) is 5.02 Å². The largest absolute Gasteiger partial charge is 0.357 e. The maximum atomic E-state index is 6.19. The van der Waals surface area contributed by atoms with Crippen molar-refractivity contribution in [2.45, 2.75) is 0 Å². The molecule has 0 radical (unpaired) electrons. The fourth-order valence-electron chi connectivity index (χ4n) is 1.73. The molecule has 0 saturated heterocycles. The highest BCUT2D eigenvalue weighted by Gasteiger charge is 2.11. The molecule has 0 aliphatic rings. The summed E-state index contributed by atoms with van der Waals surface area (Å²) in [4.78, 5) is 13.0. The average Bonchev–Trinajstić information content (AvgIpc) is 3.01. The molecule has 3 aromatic rings. The summed E-state index contributed by atoms with van der Waals surface area (Å²) in [5.74, 6) is 1.39. The number of halogens is 1. The van der Waals surface area contributed by atoms with Crippen molar-refractivity contribution in [2.24, 2.45) is 0 Å². The average molecular weight is 287 g/mol. The Bertz CT molecular complexity index is 725. The molecule has 0 unspecified atom stereocenters. The van der Waals surface area contributed by atoms with Gasteiger partial charge in [0.25, 0.3) is 5.95 Å². The SMILES string of the molecule is CNc1nc(-c2ccccc2Cl)nc(-n2cccn2)n1. The van der Waals surface area contributed by atoms with Crippen molar-refractivity contribution in [2.75, 3.05) is 12.4 Å². The van der Waals surface area contributed by atoms with Gasteiger partial charge in [-0.2, -0.15) is 20.1 Å². The Morgan fingerprint density at radius 1 is 1.10 bits per heavy atom. The van der Waals surface area contributed by atoms with Crippen LogP contribution in [0.5, 0.6) is 0 Å². The molecular formula is C13H11ClN6. The van der Waals surface area contributed by atoms with Gasteiger partial charge in [-0.3, -0.25) is 0 Å². The third-order valence-corrected chi connectivity index (χ3v) is 3.00. The summed E-state index contributed by atoms with van der Waals surface area (Å²) in [7, 11) is 1.75. The van der Waals surface area contributed by atoms with Gasteiger partial charge in [0.15, 0.2) is 5.82 Å². The predicted octanol–water partition coefficient (Wildman–Crippen LogP) is 2.42. The van der Waals surface area contributed by atoms with Crippen LogP contribution in [0, 0.1) is 0 Å². The van der Waals surface area contributed by atoms with Gasteiger partial charge in [-0.25, -0.2) is 4.68 Å². The lowest BCUT2D eigenvalue weighted by Gasteiger charge is -2.07. The van der Waals surface area contributed by atoms with Crippen molar-refractivity contribution >= 4 is 17.5 Å². The van der Waals surface area contributed by atoms with Gasteiger partial charge in [0.1, 0.15) is 0 Å². The molecule has 2 heterocycles. The minimum Gasteiger partial charge on any atom is -0.357 e. The van der Waals surface area contributed by atoms with Crippen LogP contribution in [0.1, 0.15) is 0 Å². The highest BCUT2D eigenvalue weighted by Crippen LogP contribution is 2.25. The molecule has 0 aliphatic carbocycles. The Hall–Kier alpha value is -2.47. The summed E-state index contributed by atoms with van der Waals surface area (Å²) in [6.45, 7) is 0. The summed E-state index contributed by atoms with van der Waals surface area (Å²) in [6.07, 6.45) is 3.43. The zero-order valence-corrected chi connectivity index (χ0v) is 11.4. The van der Waals surface area contributed by atoms with E-state index in [0.717, 1.165) is 5.56 Å². The number of rotatable bonds is 3. The molecule has 0 saturated carbocycles. The second-order valence-corrected chi connectivity index (χ2v) is 4.37. The molecule has 0 aliphatic heterocycles. The van der Waals surface area contributed by atoms with Crippen LogP contribution in [-0.2, 0) is 0 Å². The first-order valence-electron chi connectivity index (χ1n) is 5.96. The van der Waals surface area contributed by atoms with E-state index < -0.39 is 0 Å². The van der Waals surface area contributed by atoms with Crippen LogP contribution in [0.3, 0.4) is 0 Å². The maximum Gasteiger partial charge on any atom is 0.255 e. The molecule has 1 N–H and O–H groups in total. The van der Waals surface area contributed by atoms with Crippen molar-refractivity contribution in [3.8, 4) is 17.3 Å². The van der Waals surface area contributed by atoms with Crippen molar-refractivity contribution < 1.29 is 0 Å². The Kier molecular flexibility index (Phi) is 3.30. The zero-order valence-electron chi connectivity index (χ0n) is 10.7. The molecule has 0 bridgehead atoms. The lowest BCUT2D eigenvalue weighted by atomic mass is 10.2. The minimum atomic E-state index is 0.435. The first-order chi connectivity index (χ1) is 9.78. The molecule has 0 amide bonds. The number of anilines is 1. The topological polar surface area (TPSA) is 68.5 Å². The third kappa shape index (κ3) is 2.33. The fraction of sp³-hybridized carbons (Fsp3) is 0.0769. The zero-order chi connectivity index (χ0) is 13.9. The number of nitrogens with one attached hydrogen (secondary N) is 1. The van der Waals surface area contributed by atoms with E-state index in [-0.39, 0.29) is 0 Å². The van der Waals surface area contributed by atoms with Crippen molar-refractivity contribution in [3.05, 3.63) is 47.7 Å². The van der Waals surface area contributed by atoms with Crippen molar-refractivity contribution in [3.63, 3.8) is 0 Å². The minimum absolute atomic E-state index is 0.435.